The lowest BCUT2D eigenvalue weighted by atomic mass is 10.0. The number of rotatable bonds is 24. The van der Waals surface area contributed by atoms with Gasteiger partial charge in [-0.25, -0.2) is 14.6 Å². The Bertz CT molecular complexity index is 1980. The fourth-order valence-corrected chi connectivity index (χ4v) is 6.87. The zero-order chi connectivity index (χ0) is 40.2. The molecule has 0 spiro atoms. The molecule has 10 nitrogen and oxygen atoms in total. The smallest absolute Gasteiger partial charge is 0.348 e. The number of amides is 1. The van der Waals surface area contributed by atoms with E-state index in [2.05, 4.69) is 22.4 Å². The topological polar surface area (TPSA) is 154 Å². The van der Waals surface area contributed by atoms with Gasteiger partial charge in [0, 0.05) is 41.8 Å². The molecule has 0 fully saturated rings. The third-order valence-corrected chi connectivity index (χ3v) is 10.2. The van der Waals surface area contributed by atoms with Crippen LogP contribution in [-0.4, -0.2) is 56.4 Å². The molecule has 4 aromatic rings. The van der Waals surface area contributed by atoms with Crippen molar-refractivity contribution in [3.05, 3.63) is 102 Å². The Morgan fingerprint density at radius 3 is 1.74 bits per heavy atom. The number of carboxylic acids is 2. The molecular weight excluding hydrogens is 717 g/mol. The van der Waals surface area contributed by atoms with Gasteiger partial charge in [0.1, 0.15) is 5.82 Å². The highest BCUT2D eigenvalue weighted by atomic mass is 16.7. The first-order valence-electron chi connectivity index (χ1n) is 20.5. The summed E-state index contributed by atoms with van der Waals surface area (Å²) in [5, 5.41) is 25.3. The van der Waals surface area contributed by atoms with Crippen LogP contribution >= 0.6 is 0 Å². The largest absolute Gasteiger partial charge is 0.478 e. The van der Waals surface area contributed by atoms with Crippen molar-refractivity contribution < 1.29 is 29.4 Å². The number of nitrogens with one attached hydrogen (secondary N) is 2. The fraction of sp³-hybridized carbons (Fsp3) is 0.383. The average Bonchev–Trinajstić information content (AvgIpc) is 3.91. The van der Waals surface area contributed by atoms with Crippen molar-refractivity contribution in [1.82, 2.24) is 15.3 Å². The summed E-state index contributed by atoms with van der Waals surface area (Å²) in [5.74, 6) is -1.53. The van der Waals surface area contributed by atoms with E-state index in [-0.39, 0.29) is 12.3 Å². The second-order valence-corrected chi connectivity index (χ2v) is 14.7. The molecule has 57 heavy (non-hydrogen) atoms. The second kappa shape index (κ2) is 22.7. The third-order valence-electron chi connectivity index (χ3n) is 10.2. The molecule has 5 rings (SSSR count). The van der Waals surface area contributed by atoms with E-state index < -0.39 is 18.0 Å². The molecule has 0 saturated heterocycles. The highest BCUT2D eigenvalue weighted by Crippen LogP contribution is 2.34. The van der Waals surface area contributed by atoms with Gasteiger partial charge in [0.05, 0.1) is 17.1 Å². The van der Waals surface area contributed by atoms with Crippen molar-refractivity contribution in [2.75, 3.05) is 6.54 Å². The van der Waals surface area contributed by atoms with Crippen molar-refractivity contribution in [2.24, 2.45) is 5.16 Å². The molecule has 1 unspecified atom stereocenters. The van der Waals surface area contributed by atoms with Gasteiger partial charge < -0.3 is 25.4 Å². The number of carboxylic acid groups (broad SMARTS) is 2. The summed E-state index contributed by atoms with van der Waals surface area (Å²) in [6.45, 7) is 2.94. The van der Waals surface area contributed by atoms with E-state index in [1.54, 1.807) is 12.2 Å². The maximum Gasteiger partial charge on any atom is 0.348 e. The van der Waals surface area contributed by atoms with Crippen molar-refractivity contribution in [2.45, 2.75) is 109 Å². The van der Waals surface area contributed by atoms with Gasteiger partial charge in [0.2, 0.25) is 12.0 Å². The van der Waals surface area contributed by atoms with Gasteiger partial charge in [0.15, 0.2) is 0 Å². The lowest BCUT2D eigenvalue weighted by molar-refractivity contribution is -0.148. The molecule has 1 aliphatic rings. The van der Waals surface area contributed by atoms with Gasteiger partial charge in [-0.2, -0.15) is 0 Å². The first kappa shape index (κ1) is 42.4. The quantitative estimate of drug-likeness (QED) is 0.0408. The van der Waals surface area contributed by atoms with Crippen LogP contribution in [0.3, 0.4) is 0 Å². The third kappa shape index (κ3) is 13.7. The van der Waals surface area contributed by atoms with E-state index in [9.17, 15) is 19.5 Å². The van der Waals surface area contributed by atoms with E-state index in [0.29, 0.717) is 18.1 Å². The van der Waals surface area contributed by atoms with Crippen LogP contribution in [0.4, 0.5) is 0 Å². The number of aromatic nitrogens is 2. The number of unbranched alkanes of at least 4 members (excludes halogenated alkanes) is 13. The minimum atomic E-state index is -1.05. The molecule has 0 saturated carbocycles. The van der Waals surface area contributed by atoms with Crippen LogP contribution in [0.2, 0.25) is 0 Å². The minimum absolute atomic E-state index is 0.102. The highest BCUT2D eigenvalue weighted by Gasteiger charge is 2.28. The Balaban J connectivity index is 1.14. The number of carbonyl (C=O) groups is 3. The predicted molar refractivity (Wildman–Crippen MR) is 228 cm³/mol. The number of H-pyrrole nitrogens is 1. The standard InChI is InChI=1S/C47H56N4O6/c1-2-3-4-5-6-7-8-9-10-11-12-13-14-15-32-48-42(52)30-20-34-16-22-37(23-17-34)44-45(38-24-18-35(19-25-38)21-31-43(53)54)50-46(49-44)39-28-26-36(27-29-39)40-33-41(47(55)56)57-51-40/h16-31,41H,2-15,32-33H2,1H3,(H,48,52)(H,49,50)(H,53,54)(H,55,56)/b30-20?,31-21+. The lowest BCUT2D eigenvalue weighted by Crippen LogP contribution is -2.21. The molecule has 1 amide bonds. The van der Waals surface area contributed by atoms with E-state index in [1.165, 1.54) is 77.0 Å². The van der Waals surface area contributed by atoms with Gasteiger partial charge in [-0.1, -0.05) is 168 Å². The Hall–Kier alpha value is -5.77. The molecule has 2 heterocycles. The molecule has 0 aliphatic carbocycles. The van der Waals surface area contributed by atoms with E-state index in [4.69, 9.17) is 14.9 Å². The summed E-state index contributed by atoms with van der Waals surface area (Å²) in [6, 6.07) is 22.9. The van der Waals surface area contributed by atoms with Crippen LogP contribution in [0.25, 0.3) is 46.1 Å². The fourth-order valence-electron chi connectivity index (χ4n) is 6.87. The molecule has 1 aromatic heterocycles. The van der Waals surface area contributed by atoms with Gasteiger partial charge in [-0.3, -0.25) is 4.79 Å². The van der Waals surface area contributed by atoms with E-state index in [0.717, 1.165) is 63.7 Å². The van der Waals surface area contributed by atoms with Crippen LogP contribution in [-0.2, 0) is 19.2 Å². The maximum atomic E-state index is 12.5. The minimum Gasteiger partial charge on any atom is -0.478 e. The summed E-state index contributed by atoms with van der Waals surface area (Å²) in [5.41, 5.74) is 7.05. The number of nitrogens with zero attached hydrogens (tertiary/aromatic N) is 2. The van der Waals surface area contributed by atoms with Gasteiger partial charge in [-0.05, 0) is 35.3 Å². The zero-order valence-corrected chi connectivity index (χ0v) is 33.1. The number of imidazole rings is 1. The Morgan fingerprint density at radius 2 is 1.19 bits per heavy atom. The van der Waals surface area contributed by atoms with Crippen molar-refractivity contribution in [1.29, 1.82) is 0 Å². The normalized spacial score (nSPS) is 13.9. The van der Waals surface area contributed by atoms with E-state index in [1.807, 2.05) is 78.9 Å². The number of hydrogen-bond donors (Lipinski definition) is 4. The number of aliphatic carboxylic acids is 2. The van der Waals surface area contributed by atoms with Crippen molar-refractivity contribution in [3.63, 3.8) is 0 Å². The van der Waals surface area contributed by atoms with Crippen LogP contribution in [0.15, 0.2) is 90.1 Å². The van der Waals surface area contributed by atoms with Crippen LogP contribution in [0, 0.1) is 0 Å². The summed E-state index contributed by atoms with van der Waals surface area (Å²) in [6.07, 6.45) is 23.5. The summed E-state index contributed by atoms with van der Waals surface area (Å²) in [7, 11) is 0. The van der Waals surface area contributed by atoms with Gasteiger partial charge in [-0.15, -0.1) is 0 Å². The lowest BCUT2D eigenvalue weighted by Gasteiger charge is -2.05. The summed E-state index contributed by atoms with van der Waals surface area (Å²) >= 11 is 0. The SMILES string of the molecule is CCCCCCCCCCCCCCCCNC(=O)C=Cc1ccc(-c2nc(-c3ccc(C4=NOC(C(=O)O)C4)cc3)[nH]c2-c2ccc(/C=C/C(=O)O)cc2)cc1. The maximum absolute atomic E-state index is 12.5. The molecule has 1 atom stereocenters. The highest BCUT2D eigenvalue weighted by molar-refractivity contribution is 6.03. The van der Waals surface area contributed by atoms with Crippen LogP contribution in [0.1, 0.15) is 120 Å². The Morgan fingerprint density at radius 1 is 0.684 bits per heavy atom. The number of carbonyl (C=O) groups excluding carboxylic acids is 1. The zero-order valence-electron chi connectivity index (χ0n) is 33.1. The number of benzene rings is 3. The number of oxime groups is 1. The summed E-state index contributed by atoms with van der Waals surface area (Å²) < 4.78 is 0. The Kier molecular flexibility index (Phi) is 16.9. The number of aromatic amines is 1. The second-order valence-electron chi connectivity index (χ2n) is 14.7. The van der Waals surface area contributed by atoms with Crippen LogP contribution in [0.5, 0.6) is 0 Å². The Labute approximate surface area is 336 Å². The van der Waals surface area contributed by atoms with Crippen LogP contribution < -0.4 is 5.32 Å². The average molecular weight is 773 g/mol. The first-order chi connectivity index (χ1) is 27.8. The van der Waals surface area contributed by atoms with Crippen molar-refractivity contribution in [3.8, 4) is 33.9 Å². The molecule has 1 aliphatic heterocycles. The monoisotopic (exact) mass is 772 g/mol. The van der Waals surface area contributed by atoms with Crippen molar-refractivity contribution >= 4 is 35.7 Å². The first-order valence-corrected chi connectivity index (χ1v) is 20.5. The molecule has 300 valence electrons. The van der Waals surface area contributed by atoms with Gasteiger partial charge in [0.25, 0.3) is 0 Å². The predicted octanol–water partition coefficient (Wildman–Crippen LogP) is 10.7. The molecule has 0 bridgehead atoms. The molecule has 0 radical (unpaired) electrons. The molecule has 3 aromatic carbocycles. The molecule has 4 N–H and O–H groups in total. The number of hydrogen-bond acceptors (Lipinski definition) is 6. The van der Waals surface area contributed by atoms with E-state index >= 15 is 0 Å². The summed E-state index contributed by atoms with van der Waals surface area (Å²) in [4.78, 5) is 48.4. The van der Waals surface area contributed by atoms with Gasteiger partial charge >= 0.3 is 11.9 Å². The molecular formula is C47H56N4O6. The molecule has 10 heteroatoms.